The number of hydrogen-bond acceptors (Lipinski definition) is 2. The van der Waals surface area contributed by atoms with Gasteiger partial charge in [0.25, 0.3) is 0 Å². The summed E-state index contributed by atoms with van der Waals surface area (Å²) >= 11 is 0. The van der Waals surface area contributed by atoms with E-state index in [4.69, 9.17) is 4.74 Å². The van der Waals surface area contributed by atoms with E-state index in [-0.39, 0.29) is 23.3 Å². The van der Waals surface area contributed by atoms with Crippen LogP contribution in [0.1, 0.15) is 42.7 Å². The van der Waals surface area contributed by atoms with Crippen LogP contribution in [0.25, 0.3) is 22.3 Å². The van der Waals surface area contributed by atoms with E-state index in [0.29, 0.717) is 29.5 Å². The van der Waals surface area contributed by atoms with Gasteiger partial charge in [-0.05, 0) is 78.0 Å². The molecule has 1 aliphatic rings. The van der Waals surface area contributed by atoms with Crippen LogP contribution in [0.3, 0.4) is 0 Å². The van der Waals surface area contributed by atoms with Crippen LogP contribution >= 0.6 is 0 Å². The Balaban J connectivity index is 1.34. The average molecular weight is 607 g/mol. The van der Waals surface area contributed by atoms with Crippen molar-refractivity contribution in [3.8, 4) is 28.0 Å². The second-order valence-electron chi connectivity index (χ2n) is 10.6. The Morgan fingerprint density at radius 1 is 0.651 bits per heavy atom. The van der Waals surface area contributed by atoms with Gasteiger partial charge in [0.2, 0.25) is 0 Å². The molecule has 0 N–H and O–H groups in total. The fourth-order valence-electron chi connectivity index (χ4n) is 5.57. The van der Waals surface area contributed by atoms with Crippen LogP contribution in [-0.4, -0.2) is 13.7 Å². The fraction of sp³-hybridized carbons (Fsp3) is 0.273. The smallest absolute Gasteiger partial charge is 0.429 e. The van der Waals surface area contributed by atoms with Crippen LogP contribution < -0.4 is 4.74 Å². The zero-order valence-corrected chi connectivity index (χ0v) is 22.9. The zero-order valence-electron chi connectivity index (χ0n) is 22.9. The summed E-state index contributed by atoms with van der Waals surface area (Å²) in [5.41, 5.74) is -0.0569. The van der Waals surface area contributed by atoms with E-state index in [1.165, 1.54) is 17.7 Å². The molecule has 4 aromatic rings. The van der Waals surface area contributed by atoms with Crippen molar-refractivity contribution in [2.24, 2.45) is 5.92 Å². The van der Waals surface area contributed by atoms with E-state index in [9.17, 15) is 30.7 Å². The van der Waals surface area contributed by atoms with Gasteiger partial charge in [-0.2, -0.15) is 8.78 Å². The molecule has 0 spiro atoms. The first-order valence-electron chi connectivity index (χ1n) is 13.6. The molecule has 226 valence electrons. The number of benzene rings is 4. The van der Waals surface area contributed by atoms with Crippen LogP contribution in [0.5, 0.6) is 5.75 Å². The molecule has 1 saturated carbocycles. The van der Waals surface area contributed by atoms with Crippen molar-refractivity contribution in [1.29, 1.82) is 0 Å². The number of alkyl halides is 2. The summed E-state index contributed by atoms with van der Waals surface area (Å²) in [7, 11) is 1.71. The molecular formula is C33H26F8O2. The van der Waals surface area contributed by atoms with E-state index in [1.807, 2.05) is 24.3 Å². The molecular weight excluding hydrogens is 580 g/mol. The lowest BCUT2D eigenvalue weighted by atomic mass is 9.79. The second kappa shape index (κ2) is 12.4. The lowest BCUT2D eigenvalue weighted by Crippen LogP contribution is -2.25. The first kappa shape index (κ1) is 30.5. The zero-order chi connectivity index (χ0) is 30.9. The van der Waals surface area contributed by atoms with Gasteiger partial charge in [0, 0.05) is 31.4 Å². The number of halogens is 8. The minimum absolute atomic E-state index is 0.107. The van der Waals surface area contributed by atoms with Gasteiger partial charge in [-0.15, -0.1) is 0 Å². The van der Waals surface area contributed by atoms with Crippen LogP contribution in [-0.2, 0) is 10.8 Å². The molecule has 0 aromatic heterocycles. The molecule has 0 atom stereocenters. The van der Waals surface area contributed by atoms with E-state index in [1.54, 1.807) is 13.2 Å². The third-order valence-electron chi connectivity index (χ3n) is 7.78. The minimum Gasteiger partial charge on any atom is -0.429 e. The highest BCUT2D eigenvalue weighted by Gasteiger charge is 2.41. The van der Waals surface area contributed by atoms with Gasteiger partial charge in [0.05, 0.1) is 0 Å². The molecule has 1 fully saturated rings. The van der Waals surface area contributed by atoms with Gasteiger partial charge >= 0.3 is 6.11 Å². The van der Waals surface area contributed by atoms with Crippen LogP contribution in [0, 0.1) is 40.8 Å². The monoisotopic (exact) mass is 606 g/mol. The number of rotatable bonds is 8. The Morgan fingerprint density at radius 3 is 1.77 bits per heavy atom. The highest BCUT2D eigenvalue weighted by atomic mass is 19.3. The molecule has 43 heavy (non-hydrogen) atoms. The van der Waals surface area contributed by atoms with Crippen molar-refractivity contribution in [2.45, 2.75) is 37.7 Å². The van der Waals surface area contributed by atoms with Crippen LogP contribution in [0.15, 0.2) is 66.7 Å². The van der Waals surface area contributed by atoms with Gasteiger partial charge in [0.1, 0.15) is 28.8 Å². The Morgan fingerprint density at radius 2 is 1.21 bits per heavy atom. The molecule has 0 heterocycles. The molecule has 0 saturated heterocycles. The van der Waals surface area contributed by atoms with Crippen molar-refractivity contribution in [3.63, 3.8) is 0 Å². The van der Waals surface area contributed by atoms with Crippen molar-refractivity contribution < 1.29 is 44.6 Å². The van der Waals surface area contributed by atoms with Crippen molar-refractivity contribution in [3.05, 3.63) is 113 Å². The predicted octanol–water partition coefficient (Wildman–Crippen LogP) is 9.90. The highest BCUT2D eigenvalue weighted by Crippen LogP contribution is 2.39. The summed E-state index contributed by atoms with van der Waals surface area (Å²) in [6, 6.07) is 13.0. The molecule has 10 heteroatoms. The maximum atomic E-state index is 15.2. The summed E-state index contributed by atoms with van der Waals surface area (Å²) in [6.07, 6.45) is -0.447. The summed E-state index contributed by atoms with van der Waals surface area (Å²) in [5, 5.41) is 0. The van der Waals surface area contributed by atoms with E-state index < -0.39 is 52.3 Å². The standard InChI is InChI=1S/C33H26F8O2/c1-42-17-18-2-4-19(5-3-18)20-6-8-21(9-7-20)22-10-11-25(26(34)12-22)23-13-27(35)31(28(36)14-23)33(40,41)43-24-15-29(37)32(39)30(38)16-24/h6-16,18-19H,2-5,17H2,1H3. The summed E-state index contributed by atoms with van der Waals surface area (Å²) in [6.45, 7) is 0.764. The molecule has 0 radical (unpaired) electrons. The summed E-state index contributed by atoms with van der Waals surface area (Å²) in [5.74, 6) is -10.2. The van der Waals surface area contributed by atoms with Gasteiger partial charge in [-0.3, -0.25) is 0 Å². The minimum atomic E-state index is -4.75. The van der Waals surface area contributed by atoms with Gasteiger partial charge < -0.3 is 9.47 Å². The van der Waals surface area contributed by atoms with Gasteiger partial charge in [-0.25, -0.2) is 26.3 Å². The molecule has 5 rings (SSSR count). The SMILES string of the molecule is COCC1CCC(c2ccc(-c3ccc(-c4cc(F)c(C(F)(F)Oc5cc(F)c(F)c(F)c5)c(F)c4)c(F)c3)cc2)CC1. The van der Waals surface area contributed by atoms with E-state index in [2.05, 4.69) is 4.74 Å². The first-order chi connectivity index (χ1) is 20.5. The van der Waals surface area contributed by atoms with Gasteiger partial charge in [-0.1, -0.05) is 36.4 Å². The molecule has 2 nitrogen and oxygen atoms in total. The third kappa shape index (κ3) is 6.54. The van der Waals surface area contributed by atoms with Gasteiger partial charge in [0.15, 0.2) is 17.5 Å². The Labute approximate surface area is 242 Å². The molecule has 0 amide bonds. The summed E-state index contributed by atoms with van der Waals surface area (Å²) in [4.78, 5) is 0. The second-order valence-corrected chi connectivity index (χ2v) is 10.6. The Kier molecular flexibility index (Phi) is 8.78. The Bertz CT molecular complexity index is 1570. The average Bonchev–Trinajstić information content (AvgIpc) is 2.95. The van der Waals surface area contributed by atoms with Crippen molar-refractivity contribution >= 4 is 0 Å². The van der Waals surface area contributed by atoms with Crippen molar-refractivity contribution in [2.75, 3.05) is 13.7 Å². The largest absolute Gasteiger partial charge is 0.432 e. The molecule has 4 aromatic carbocycles. The van der Waals surface area contributed by atoms with Crippen LogP contribution in [0.2, 0.25) is 0 Å². The fourth-order valence-corrected chi connectivity index (χ4v) is 5.57. The van der Waals surface area contributed by atoms with E-state index >= 15 is 4.39 Å². The Hall–Kier alpha value is -3.92. The first-order valence-corrected chi connectivity index (χ1v) is 13.6. The molecule has 0 aliphatic heterocycles. The highest BCUT2D eigenvalue weighted by molar-refractivity contribution is 5.71. The molecule has 0 bridgehead atoms. The lowest BCUT2D eigenvalue weighted by molar-refractivity contribution is -0.189. The van der Waals surface area contributed by atoms with Crippen molar-refractivity contribution in [1.82, 2.24) is 0 Å². The number of hydrogen-bond donors (Lipinski definition) is 0. The van der Waals surface area contributed by atoms with Crippen LogP contribution in [0.4, 0.5) is 35.1 Å². The summed E-state index contributed by atoms with van der Waals surface area (Å²) < 4.78 is 123. The normalized spacial score (nSPS) is 17.2. The third-order valence-corrected chi connectivity index (χ3v) is 7.78. The predicted molar refractivity (Wildman–Crippen MR) is 145 cm³/mol. The maximum absolute atomic E-state index is 15.2. The van der Waals surface area contributed by atoms with E-state index in [0.717, 1.165) is 37.9 Å². The maximum Gasteiger partial charge on any atom is 0.432 e. The quantitative estimate of drug-likeness (QED) is 0.147. The lowest BCUT2D eigenvalue weighted by Gasteiger charge is -2.28. The number of methoxy groups -OCH3 is 1. The molecule has 1 aliphatic carbocycles. The topological polar surface area (TPSA) is 18.5 Å². The molecule has 0 unspecified atom stereocenters. The number of ether oxygens (including phenoxy) is 2.